The van der Waals surface area contributed by atoms with Crippen LogP contribution in [0.5, 0.6) is 0 Å². The molecule has 0 amide bonds. The minimum Gasteiger partial charge on any atom is -0.371 e. The van der Waals surface area contributed by atoms with Gasteiger partial charge in [0, 0.05) is 11.6 Å². The van der Waals surface area contributed by atoms with E-state index in [-0.39, 0.29) is 5.54 Å². The molecule has 4 aromatic rings. The second kappa shape index (κ2) is 5.95. The van der Waals surface area contributed by atoms with Crippen LogP contribution in [0.1, 0.15) is 31.1 Å². The summed E-state index contributed by atoms with van der Waals surface area (Å²) in [5.74, 6) is 1.71. The van der Waals surface area contributed by atoms with Crippen LogP contribution >= 0.6 is 0 Å². The molecule has 2 aromatic heterocycles. The molecule has 1 aliphatic rings. The predicted octanol–water partition coefficient (Wildman–Crippen LogP) is 3.97. The first-order chi connectivity index (χ1) is 14.1. The average molecular weight is 422 g/mol. The van der Waals surface area contributed by atoms with Crippen molar-refractivity contribution in [2.45, 2.75) is 33.2 Å². The summed E-state index contributed by atoms with van der Waals surface area (Å²) in [4.78, 5) is 0. The molecule has 30 heavy (non-hydrogen) atoms. The van der Waals surface area contributed by atoms with Gasteiger partial charge in [0.1, 0.15) is 5.82 Å². The van der Waals surface area contributed by atoms with Crippen LogP contribution in [0.4, 0.5) is 5.69 Å². The first-order valence-corrected chi connectivity index (χ1v) is 11.6. The third kappa shape index (κ3) is 2.53. The zero-order valence-corrected chi connectivity index (χ0v) is 18.4. The lowest BCUT2D eigenvalue weighted by atomic mass is 9.92. The van der Waals surface area contributed by atoms with E-state index >= 15 is 0 Å². The summed E-state index contributed by atoms with van der Waals surface area (Å²) in [5.41, 5.74) is 5.52. The van der Waals surface area contributed by atoms with Crippen molar-refractivity contribution < 1.29 is 8.42 Å². The van der Waals surface area contributed by atoms with Crippen molar-refractivity contribution in [3.63, 3.8) is 0 Å². The Bertz CT molecular complexity index is 1440. The predicted molar refractivity (Wildman–Crippen MR) is 119 cm³/mol. The van der Waals surface area contributed by atoms with E-state index in [1.54, 1.807) is 6.20 Å². The molecule has 8 heteroatoms. The molecule has 0 atom stereocenters. The molecule has 0 spiro atoms. The summed E-state index contributed by atoms with van der Waals surface area (Å²) in [5, 5.41) is 13.2. The Kier molecular flexibility index (Phi) is 3.74. The summed E-state index contributed by atoms with van der Waals surface area (Å²) in [6, 6.07) is 11.8. The van der Waals surface area contributed by atoms with Gasteiger partial charge in [0.25, 0.3) is 0 Å². The Hall–Kier alpha value is -3.13. The fraction of sp³-hybridized carbons (Fsp3) is 0.273. The van der Waals surface area contributed by atoms with Crippen molar-refractivity contribution in [1.29, 1.82) is 0 Å². The molecule has 0 radical (unpaired) electrons. The van der Waals surface area contributed by atoms with Crippen molar-refractivity contribution in [3.8, 4) is 16.8 Å². The zero-order valence-electron chi connectivity index (χ0n) is 17.6. The van der Waals surface area contributed by atoms with Gasteiger partial charge in [0.05, 0.1) is 28.7 Å². The molecule has 1 aliphatic heterocycles. The summed E-state index contributed by atoms with van der Waals surface area (Å²) in [6.07, 6.45) is 2.83. The number of fused-ring (bicyclic) bond motifs is 4. The van der Waals surface area contributed by atoms with Gasteiger partial charge in [-0.25, -0.2) is 12.4 Å². The van der Waals surface area contributed by atoms with Crippen LogP contribution in [0.25, 0.3) is 27.7 Å². The summed E-state index contributed by atoms with van der Waals surface area (Å²) >= 11 is 0. The first-order valence-electron chi connectivity index (χ1n) is 9.75. The van der Waals surface area contributed by atoms with Gasteiger partial charge in [-0.1, -0.05) is 18.2 Å². The Morgan fingerprint density at radius 2 is 1.77 bits per heavy atom. The van der Waals surface area contributed by atoms with Crippen molar-refractivity contribution in [2.75, 3.05) is 11.6 Å². The fourth-order valence-corrected chi connectivity index (χ4v) is 5.27. The lowest BCUT2D eigenvalue weighted by molar-refractivity contribution is 0.535. The van der Waals surface area contributed by atoms with E-state index in [0.717, 1.165) is 45.1 Å². The van der Waals surface area contributed by atoms with Crippen molar-refractivity contribution >= 4 is 26.6 Å². The first kappa shape index (κ1) is 18.9. The Morgan fingerprint density at radius 3 is 2.50 bits per heavy atom. The van der Waals surface area contributed by atoms with Crippen LogP contribution in [-0.2, 0) is 15.6 Å². The largest absolute Gasteiger partial charge is 0.371 e. The standard InChI is InChI=1S/C22H23N5O2S/c1-13-15(16-7-6-8-19-17(16)11-12-26(19)30(5,28)29)9-10-18-20(13)27-14(2)24-25-21(27)22(3,4)23-18/h6-12,23H,1-5H3. The molecule has 3 heterocycles. The molecule has 1 N–H and O–H groups in total. The maximum Gasteiger partial charge on any atom is 0.236 e. The monoisotopic (exact) mass is 421 g/mol. The van der Waals surface area contributed by atoms with Gasteiger partial charge in [-0.3, -0.25) is 4.57 Å². The second-order valence-electron chi connectivity index (χ2n) is 8.40. The van der Waals surface area contributed by atoms with Crippen LogP contribution in [0, 0.1) is 13.8 Å². The van der Waals surface area contributed by atoms with Crippen LogP contribution in [0.15, 0.2) is 42.6 Å². The van der Waals surface area contributed by atoms with Gasteiger partial charge >= 0.3 is 0 Å². The van der Waals surface area contributed by atoms with E-state index in [9.17, 15) is 8.42 Å². The third-order valence-corrected chi connectivity index (χ3v) is 6.86. The molecule has 2 aromatic carbocycles. The quantitative estimate of drug-likeness (QED) is 0.530. The van der Waals surface area contributed by atoms with Gasteiger partial charge in [-0.15, -0.1) is 10.2 Å². The number of benzene rings is 2. The van der Waals surface area contributed by atoms with Crippen molar-refractivity contribution in [3.05, 3.63) is 59.8 Å². The summed E-state index contributed by atoms with van der Waals surface area (Å²) in [6.45, 7) is 8.23. The maximum absolute atomic E-state index is 12.2. The zero-order chi connectivity index (χ0) is 21.4. The molecule has 154 valence electrons. The molecule has 0 bridgehead atoms. The molecule has 0 saturated heterocycles. The highest BCUT2D eigenvalue weighted by molar-refractivity contribution is 7.89. The van der Waals surface area contributed by atoms with Gasteiger partial charge < -0.3 is 5.32 Å². The van der Waals surface area contributed by atoms with Crippen molar-refractivity contribution in [1.82, 2.24) is 18.7 Å². The number of nitrogens with zero attached hydrogens (tertiary/aromatic N) is 4. The maximum atomic E-state index is 12.2. The molecule has 7 nitrogen and oxygen atoms in total. The number of hydrogen-bond acceptors (Lipinski definition) is 5. The molecular formula is C22H23N5O2S. The normalized spacial score (nSPS) is 15.0. The number of anilines is 1. The van der Waals surface area contributed by atoms with Crippen LogP contribution in [-0.4, -0.2) is 33.4 Å². The van der Waals surface area contributed by atoms with E-state index in [1.807, 2.05) is 31.2 Å². The molecule has 0 unspecified atom stereocenters. The fourth-order valence-electron chi connectivity index (χ4n) is 4.48. The van der Waals surface area contributed by atoms with E-state index in [4.69, 9.17) is 0 Å². The second-order valence-corrected chi connectivity index (χ2v) is 10.3. The topological polar surface area (TPSA) is 81.8 Å². The van der Waals surface area contributed by atoms with E-state index in [2.05, 4.69) is 53.0 Å². The molecule has 5 rings (SSSR count). The van der Waals surface area contributed by atoms with Crippen LogP contribution in [0.2, 0.25) is 0 Å². The molecule has 0 saturated carbocycles. The van der Waals surface area contributed by atoms with Crippen LogP contribution in [0.3, 0.4) is 0 Å². The number of aryl methyl sites for hydroxylation is 1. The van der Waals surface area contributed by atoms with E-state index in [0.29, 0.717) is 5.52 Å². The average Bonchev–Trinajstić information content (AvgIpc) is 3.26. The van der Waals surface area contributed by atoms with Crippen molar-refractivity contribution in [2.24, 2.45) is 0 Å². The lowest BCUT2D eigenvalue weighted by Gasteiger charge is -2.35. The van der Waals surface area contributed by atoms with Gasteiger partial charge in [0.15, 0.2) is 5.82 Å². The highest BCUT2D eigenvalue weighted by Gasteiger charge is 2.35. The molecule has 0 fully saturated rings. The number of hydrogen-bond donors (Lipinski definition) is 1. The Balaban J connectivity index is 1.79. The smallest absolute Gasteiger partial charge is 0.236 e. The lowest BCUT2D eigenvalue weighted by Crippen LogP contribution is -2.36. The Labute approximate surface area is 175 Å². The SMILES string of the molecule is Cc1c(-c2cccc3c2ccn3S(C)(=O)=O)ccc2c1-n1c(C)nnc1C(C)(C)N2. The van der Waals surface area contributed by atoms with E-state index in [1.165, 1.54) is 10.2 Å². The highest BCUT2D eigenvalue weighted by atomic mass is 32.2. The Morgan fingerprint density at radius 1 is 1.00 bits per heavy atom. The van der Waals surface area contributed by atoms with E-state index < -0.39 is 10.0 Å². The van der Waals surface area contributed by atoms with Gasteiger partial charge in [-0.2, -0.15) is 0 Å². The summed E-state index contributed by atoms with van der Waals surface area (Å²) < 4.78 is 27.8. The number of aromatic nitrogens is 4. The minimum absolute atomic E-state index is 0.338. The highest BCUT2D eigenvalue weighted by Crippen LogP contribution is 2.42. The third-order valence-electron chi connectivity index (χ3n) is 5.83. The molecule has 0 aliphatic carbocycles. The number of rotatable bonds is 2. The van der Waals surface area contributed by atoms with Crippen LogP contribution < -0.4 is 5.32 Å². The van der Waals surface area contributed by atoms with Gasteiger partial charge in [-0.05, 0) is 62.6 Å². The number of nitrogens with one attached hydrogen (secondary N) is 1. The minimum atomic E-state index is -3.37. The van der Waals surface area contributed by atoms with Gasteiger partial charge in [0.2, 0.25) is 10.0 Å². The summed E-state index contributed by atoms with van der Waals surface area (Å²) in [7, 11) is -3.37. The molecular weight excluding hydrogens is 398 g/mol.